The Morgan fingerprint density at radius 3 is 2.74 bits per heavy atom. The lowest BCUT2D eigenvalue weighted by atomic mass is 9.94. The minimum absolute atomic E-state index is 0. The third-order valence-corrected chi connectivity index (χ3v) is 3.91. The Morgan fingerprint density at radius 1 is 1.35 bits per heavy atom. The van der Waals surface area contributed by atoms with Crippen LogP contribution in [-0.4, -0.2) is 12.3 Å². The minimum Gasteiger partial charge on any atom is -0.381 e. The van der Waals surface area contributed by atoms with Crippen LogP contribution in [0.2, 0.25) is 0 Å². The maximum absolute atomic E-state index is 4.51. The van der Waals surface area contributed by atoms with Crippen LogP contribution in [0, 0.1) is 11.8 Å². The third kappa shape index (κ3) is 6.05. The van der Waals surface area contributed by atoms with Gasteiger partial charge in [0.1, 0.15) is 0 Å². The molecule has 0 radical (unpaired) electrons. The van der Waals surface area contributed by atoms with Crippen molar-refractivity contribution >= 4 is 5.71 Å². The molecular formula is C21H34N2. The molecule has 0 bridgehead atoms. The van der Waals surface area contributed by atoms with E-state index in [1.54, 1.807) is 0 Å². The second-order valence-corrected chi connectivity index (χ2v) is 5.94. The van der Waals surface area contributed by atoms with E-state index in [1.165, 1.54) is 16.8 Å². The normalized spacial score (nSPS) is 25.5. The van der Waals surface area contributed by atoms with E-state index in [4.69, 9.17) is 0 Å². The van der Waals surface area contributed by atoms with Gasteiger partial charge in [-0.15, -0.1) is 0 Å². The molecule has 2 nitrogen and oxygen atoms in total. The molecule has 128 valence electrons. The van der Waals surface area contributed by atoms with E-state index in [0.29, 0.717) is 11.8 Å². The van der Waals surface area contributed by atoms with Crippen molar-refractivity contribution in [3.05, 3.63) is 59.5 Å². The van der Waals surface area contributed by atoms with Crippen LogP contribution in [0.1, 0.15) is 49.4 Å². The molecule has 0 aromatic carbocycles. The Bertz CT molecular complexity index is 562. The number of aliphatic imine (C=N–C) groups is 1. The summed E-state index contributed by atoms with van der Waals surface area (Å²) in [5.41, 5.74) is 5.04. The molecule has 0 saturated carbocycles. The zero-order chi connectivity index (χ0) is 17.2. The van der Waals surface area contributed by atoms with Crippen LogP contribution in [-0.2, 0) is 0 Å². The summed E-state index contributed by atoms with van der Waals surface area (Å²) in [6.07, 6.45) is 16.2. The Balaban J connectivity index is 0.00000170. The highest BCUT2D eigenvalue weighted by Crippen LogP contribution is 2.21. The SMILES string of the molecule is C/C=C\N=C1C=C(CNC2=CCC(C)C=C2C)C=CC1C.CC.[HH]. The molecule has 2 aliphatic carbocycles. The Labute approximate surface area is 144 Å². The first-order valence-corrected chi connectivity index (χ1v) is 8.80. The lowest BCUT2D eigenvalue weighted by Crippen LogP contribution is -2.21. The highest BCUT2D eigenvalue weighted by Gasteiger charge is 2.12. The van der Waals surface area contributed by atoms with Gasteiger partial charge < -0.3 is 5.32 Å². The second kappa shape index (κ2) is 10.0. The maximum atomic E-state index is 4.51. The van der Waals surface area contributed by atoms with Crippen LogP contribution in [0.15, 0.2) is 64.5 Å². The average Bonchev–Trinajstić information content (AvgIpc) is 2.56. The van der Waals surface area contributed by atoms with E-state index in [9.17, 15) is 0 Å². The number of hydrogen-bond donors (Lipinski definition) is 1. The van der Waals surface area contributed by atoms with Gasteiger partial charge in [-0.25, -0.2) is 0 Å². The van der Waals surface area contributed by atoms with Crippen LogP contribution < -0.4 is 5.32 Å². The molecule has 0 aliphatic heterocycles. The Morgan fingerprint density at radius 2 is 2.09 bits per heavy atom. The number of nitrogens with one attached hydrogen (secondary N) is 1. The lowest BCUT2D eigenvalue weighted by Gasteiger charge is -2.20. The number of hydrogen-bond acceptors (Lipinski definition) is 2. The average molecular weight is 315 g/mol. The zero-order valence-corrected chi connectivity index (χ0v) is 15.6. The van der Waals surface area contributed by atoms with E-state index in [-0.39, 0.29) is 1.43 Å². The molecule has 0 aromatic heterocycles. The molecule has 0 aromatic rings. The Hall–Kier alpha value is -1.83. The molecular weight excluding hydrogens is 280 g/mol. The number of allylic oxidation sites excluding steroid dienone is 6. The highest BCUT2D eigenvalue weighted by molar-refractivity contribution is 6.00. The summed E-state index contributed by atoms with van der Waals surface area (Å²) in [6, 6.07) is 0. The second-order valence-electron chi connectivity index (χ2n) is 5.94. The molecule has 23 heavy (non-hydrogen) atoms. The quantitative estimate of drug-likeness (QED) is 0.694. The van der Waals surface area contributed by atoms with Crippen LogP contribution in [0.25, 0.3) is 0 Å². The van der Waals surface area contributed by atoms with Gasteiger partial charge in [0.05, 0.1) is 0 Å². The molecule has 1 N–H and O–H groups in total. The molecule has 0 heterocycles. The van der Waals surface area contributed by atoms with Crippen molar-refractivity contribution in [3.63, 3.8) is 0 Å². The fraction of sp³-hybridized carbons (Fsp3) is 0.476. The molecule has 2 unspecified atom stereocenters. The largest absolute Gasteiger partial charge is 0.381 e. The summed E-state index contributed by atoms with van der Waals surface area (Å²) in [7, 11) is 0. The van der Waals surface area contributed by atoms with E-state index >= 15 is 0 Å². The first-order chi connectivity index (χ1) is 11.1. The summed E-state index contributed by atoms with van der Waals surface area (Å²) >= 11 is 0. The van der Waals surface area contributed by atoms with E-state index in [2.05, 4.69) is 61.5 Å². The van der Waals surface area contributed by atoms with Gasteiger partial charge in [-0.2, -0.15) is 0 Å². The van der Waals surface area contributed by atoms with Gasteiger partial charge in [-0.05, 0) is 43.4 Å². The number of rotatable bonds is 4. The van der Waals surface area contributed by atoms with Crippen molar-refractivity contribution in [1.29, 1.82) is 0 Å². The van der Waals surface area contributed by atoms with Gasteiger partial charge in [-0.3, -0.25) is 4.99 Å². The lowest BCUT2D eigenvalue weighted by molar-refractivity contribution is 0.704. The predicted octanol–water partition coefficient (Wildman–Crippen LogP) is 5.83. The minimum atomic E-state index is 0. The summed E-state index contributed by atoms with van der Waals surface area (Å²) < 4.78 is 0. The van der Waals surface area contributed by atoms with Gasteiger partial charge in [0.15, 0.2) is 0 Å². The Kier molecular flexibility index (Phi) is 8.39. The van der Waals surface area contributed by atoms with Gasteiger partial charge in [-0.1, -0.05) is 58.1 Å². The molecule has 2 rings (SSSR count). The van der Waals surface area contributed by atoms with Crippen molar-refractivity contribution < 1.29 is 1.43 Å². The zero-order valence-electron chi connectivity index (χ0n) is 15.6. The first kappa shape index (κ1) is 19.2. The van der Waals surface area contributed by atoms with Crippen molar-refractivity contribution in [2.45, 2.75) is 48.0 Å². The molecule has 0 amide bonds. The first-order valence-electron chi connectivity index (χ1n) is 8.80. The monoisotopic (exact) mass is 314 g/mol. The fourth-order valence-electron chi connectivity index (χ4n) is 2.62. The molecule has 2 heteroatoms. The molecule has 0 spiro atoms. The molecule has 2 aliphatic rings. The summed E-state index contributed by atoms with van der Waals surface area (Å²) in [6.45, 7) is 13.5. The van der Waals surface area contributed by atoms with Crippen LogP contribution in [0.3, 0.4) is 0 Å². The molecule has 0 saturated heterocycles. The maximum Gasteiger partial charge on any atom is 0.0472 e. The highest BCUT2D eigenvalue weighted by atomic mass is 14.9. The van der Waals surface area contributed by atoms with Gasteiger partial charge in [0, 0.05) is 31.5 Å². The number of nitrogens with zero attached hydrogens (tertiary/aromatic N) is 1. The van der Waals surface area contributed by atoms with Crippen molar-refractivity contribution in [2.75, 3.05) is 6.54 Å². The van der Waals surface area contributed by atoms with E-state index < -0.39 is 0 Å². The molecule has 0 fully saturated rings. The van der Waals surface area contributed by atoms with E-state index in [0.717, 1.165) is 18.7 Å². The summed E-state index contributed by atoms with van der Waals surface area (Å²) in [4.78, 5) is 4.51. The van der Waals surface area contributed by atoms with Crippen LogP contribution >= 0.6 is 0 Å². The van der Waals surface area contributed by atoms with Crippen molar-refractivity contribution in [2.24, 2.45) is 16.8 Å². The van der Waals surface area contributed by atoms with Gasteiger partial charge >= 0.3 is 0 Å². The van der Waals surface area contributed by atoms with Crippen LogP contribution in [0.4, 0.5) is 0 Å². The molecule has 2 atom stereocenters. The summed E-state index contributed by atoms with van der Waals surface area (Å²) in [5.74, 6) is 1.05. The predicted molar refractivity (Wildman–Crippen MR) is 106 cm³/mol. The van der Waals surface area contributed by atoms with Crippen molar-refractivity contribution in [1.82, 2.24) is 5.32 Å². The third-order valence-electron chi connectivity index (χ3n) is 3.91. The fourth-order valence-corrected chi connectivity index (χ4v) is 2.62. The van der Waals surface area contributed by atoms with Gasteiger partial charge in [0.2, 0.25) is 0 Å². The van der Waals surface area contributed by atoms with Crippen LogP contribution in [0.5, 0.6) is 0 Å². The van der Waals surface area contributed by atoms with E-state index in [1.807, 2.05) is 33.0 Å². The van der Waals surface area contributed by atoms with Crippen molar-refractivity contribution in [3.8, 4) is 0 Å². The summed E-state index contributed by atoms with van der Waals surface area (Å²) in [5, 5.41) is 3.55. The smallest absolute Gasteiger partial charge is 0.0472 e. The van der Waals surface area contributed by atoms with Gasteiger partial charge in [0.25, 0.3) is 0 Å². The topological polar surface area (TPSA) is 24.4 Å². The standard InChI is InChI=1S/C19H26N2.C2H6.H2/c1-5-10-20-19-12-17(8-7-15(19)3)13-21-18-9-6-14(2)11-16(18)4;1-2;/h5,7-12,14-15,21H,6,13H2,1-4H3;1-2H3;1H/b10-5-,20-19?;;.